The SMILES string of the molecule is COC(=O)c1ccc(OS(=O)(=O)c2cc(Br)ccc2Br)c(OC)c1. The lowest BCUT2D eigenvalue weighted by atomic mass is 10.2. The molecule has 0 heterocycles. The van der Waals surface area contributed by atoms with Gasteiger partial charge in [-0.3, -0.25) is 0 Å². The van der Waals surface area contributed by atoms with E-state index in [1.165, 1.54) is 38.5 Å². The molecule has 0 spiro atoms. The highest BCUT2D eigenvalue weighted by Gasteiger charge is 2.23. The normalized spacial score (nSPS) is 11.0. The minimum atomic E-state index is -4.11. The summed E-state index contributed by atoms with van der Waals surface area (Å²) in [5.41, 5.74) is 0.211. The zero-order valence-corrected chi connectivity index (χ0v) is 16.6. The Bertz CT molecular complexity index is 880. The molecule has 0 aliphatic carbocycles. The summed E-state index contributed by atoms with van der Waals surface area (Å²) in [6.07, 6.45) is 0. The van der Waals surface area contributed by atoms with Gasteiger partial charge in [-0.25, -0.2) is 4.79 Å². The van der Waals surface area contributed by atoms with Crippen molar-refractivity contribution < 1.29 is 26.9 Å². The second-order valence-corrected chi connectivity index (χ2v) is 7.75. The van der Waals surface area contributed by atoms with E-state index in [0.717, 1.165) is 0 Å². The number of carbonyl (C=O) groups excluding carboxylic acids is 1. The Morgan fingerprint density at radius 1 is 1.00 bits per heavy atom. The van der Waals surface area contributed by atoms with Crippen LogP contribution in [0.1, 0.15) is 10.4 Å². The van der Waals surface area contributed by atoms with Crippen molar-refractivity contribution in [3.8, 4) is 11.5 Å². The maximum Gasteiger partial charge on any atom is 0.340 e. The monoisotopic (exact) mass is 478 g/mol. The largest absolute Gasteiger partial charge is 0.493 e. The third-order valence-electron chi connectivity index (χ3n) is 2.95. The first-order valence-corrected chi connectivity index (χ1v) is 9.44. The number of carbonyl (C=O) groups is 1. The van der Waals surface area contributed by atoms with Crippen molar-refractivity contribution in [2.45, 2.75) is 4.90 Å². The van der Waals surface area contributed by atoms with Crippen molar-refractivity contribution in [3.05, 3.63) is 50.9 Å². The topological polar surface area (TPSA) is 78.9 Å². The van der Waals surface area contributed by atoms with Crippen LogP contribution in [0.25, 0.3) is 0 Å². The molecule has 0 aromatic heterocycles. The molecule has 0 N–H and O–H groups in total. The van der Waals surface area contributed by atoms with Gasteiger partial charge in [-0.1, -0.05) is 15.9 Å². The molecule has 0 atom stereocenters. The van der Waals surface area contributed by atoms with Crippen molar-refractivity contribution in [3.63, 3.8) is 0 Å². The second kappa shape index (κ2) is 7.54. The van der Waals surface area contributed by atoms with Gasteiger partial charge in [0.05, 0.1) is 19.8 Å². The third-order valence-corrected chi connectivity index (χ3v) is 5.67. The van der Waals surface area contributed by atoms with E-state index in [1.54, 1.807) is 12.1 Å². The summed E-state index contributed by atoms with van der Waals surface area (Å²) >= 11 is 6.40. The van der Waals surface area contributed by atoms with Crippen LogP contribution in [0.5, 0.6) is 11.5 Å². The molecule has 0 saturated heterocycles. The molecule has 128 valence electrons. The van der Waals surface area contributed by atoms with Crippen LogP contribution in [-0.2, 0) is 14.9 Å². The van der Waals surface area contributed by atoms with Crippen molar-refractivity contribution >= 4 is 47.9 Å². The fourth-order valence-electron chi connectivity index (χ4n) is 1.81. The van der Waals surface area contributed by atoms with Crippen LogP contribution in [0.2, 0.25) is 0 Å². The zero-order chi connectivity index (χ0) is 17.9. The molecule has 2 rings (SSSR count). The molecule has 0 radical (unpaired) electrons. The molecule has 0 saturated carbocycles. The summed E-state index contributed by atoms with van der Waals surface area (Å²) in [7, 11) is -1.53. The smallest absolute Gasteiger partial charge is 0.340 e. The molecule has 2 aromatic carbocycles. The van der Waals surface area contributed by atoms with E-state index in [-0.39, 0.29) is 22.0 Å². The summed E-state index contributed by atoms with van der Waals surface area (Å²) in [5, 5.41) is 0. The molecule has 2 aromatic rings. The number of esters is 1. The van der Waals surface area contributed by atoms with Crippen LogP contribution in [-0.4, -0.2) is 28.6 Å². The van der Waals surface area contributed by atoms with Gasteiger partial charge in [0.15, 0.2) is 11.5 Å². The molecule has 0 bridgehead atoms. The van der Waals surface area contributed by atoms with E-state index in [4.69, 9.17) is 8.92 Å². The zero-order valence-electron chi connectivity index (χ0n) is 12.6. The lowest BCUT2D eigenvalue weighted by Crippen LogP contribution is -2.12. The van der Waals surface area contributed by atoms with Crippen LogP contribution in [0.15, 0.2) is 50.2 Å². The van der Waals surface area contributed by atoms with Crippen molar-refractivity contribution in [1.29, 1.82) is 0 Å². The number of halogens is 2. The Labute approximate surface area is 156 Å². The predicted molar refractivity (Wildman–Crippen MR) is 94.0 cm³/mol. The molecule has 0 fully saturated rings. The van der Waals surface area contributed by atoms with Crippen molar-refractivity contribution in [2.24, 2.45) is 0 Å². The Morgan fingerprint density at radius 3 is 2.33 bits per heavy atom. The maximum absolute atomic E-state index is 12.5. The highest BCUT2D eigenvalue weighted by atomic mass is 79.9. The number of rotatable bonds is 5. The van der Waals surface area contributed by atoms with E-state index in [9.17, 15) is 13.2 Å². The number of ether oxygens (including phenoxy) is 2. The van der Waals surface area contributed by atoms with Crippen LogP contribution >= 0.6 is 31.9 Å². The molecule has 0 aliphatic rings. The van der Waals surface area contributed by atoms with Gasteiger partial charge < -0.3 is 13.7 Å². The quantitative estimate of drug-likeness (QED) is 0.479. The second-order valence-electron chi connectivity index (χ2n) is 4.47. The first kappa shape index (κ1) is 18.8. The number of methoxy groups -OCH3 is 2. The van der Waals surface area contributed by atoms with Gasteiger partial charge in [0.1, 0.15) is 4.90 Å². The van der Waals surface area contributed by atoms with Gasteiger partial charge in [0.2, 0.25) is 0 Å². The molecular formula is C15H12Br2O6S. The summed E-state index contributed by atoms with van der Waals surface area (Å²) in [4.78, 5) is 11.5. The maximum atomic E-state index is 12.5. The van der Waals surface area contributed by atoms with Gasteiger partial charge in [-0.2, -0.15) is 8.42 Å². The minimum absolute atomic E-state index is 0.0444. The Balaban J connectivity index is 2.43. The third kappa shape index (κ3) is 4.08. The Morgan fingerprint density at radius 2 is 1.71 bits per heavy atom. The lowest BCUT2D eigenvalue weighted by Gasteiger charge is -2.12. The molecule has 0 aliphatic heterocycles. The van der Waals surface area contributed by atoms with Crippen LogP contribution in [0, 0.1) is 0 Å². The molecule has 0 unspecified atom stereocenters. The van der Waals surface area contributed by atoms with Crippen molar-refractivity contribution in [2.75, 3.05) is 14.2 Å². The predicted octanol–water partition coefficient (Wildman–Crippen LogP) is 3.77. The van der Waals surface area contributed by atoms with Gasteiger partial charge in [0.25, 0.3) is 0 Å². The van der Waals surface area contributed by atoms with E-state index in [0.29, 0.717) is 8.95 Å². The molecule has 6 nitrogen and oxygen atoms in total. The van der Waals surface area contributed by atoms with E-state index in [2.05, 4.69) is 36.6 Å². The average molecular weight is 480 g/mol. The Hall–Kier alpha value is -1.58. The lowest BCUT2D eigenvalue weighted by molar-refractivity contribution is 0.0600. The fraction of sp³-hybridized carbons (Fsp3) is 0.133. The minimum Gasteiger partial charge on any atom is -0.493 e. The van der Waals surface area contributed by atoms with Crippen LogP contribution in [0.3, 0.4) is 0 Å². The number of benzene rings is 2. The standard InChI is InChI=1S/C15H12Br2O6S/c1-21-13-7-9(15(18)22-2)3-6-12(13)23-24(19,20)14-8-10(16)4-5-11(14)17/h3-8H,1-2H3. The number of hydrogen-bond donors (Lipinski definition) is 0. The molecule has 24 heavy (non-hydrogen) atoms. The number of hydrogen-bond acceptors (Lipinski definition) is 6. The fourth-order valence-corrected chi connectivity index (χ4v) is 4.21. The van der Waals surface area contributed by atoms with Gasteiger partial charge in [-0.05, 0) is 52.3 Å². The van der Waals surface area contributed by atoms with Crippen LogP contribution in [0.4, 0.5) is 0 Å². The molecular weight excluding hydrogens is 468 g/mol. The van der Waals surface area contributed by atoms with E-state index >= 15 is 0 Å². The first-order chi connectivity index (χ1) is 11.3. The Kier molecular flexibility index (Phi) is 5.89. The molecule has 9 heteroatoms. The average Bonchev–Trinajstić information content (AvgIpc) is 2.56. The van der Waals surface area contributed by atoms with Gasteiger partial charge in [0, 0.05) is 8.95 Å². The van der Waals surface area contributed by atoms with E-state index < -0.39 is 16.1 Å². The van der Waals surface area contributed by atoms with Gasteiger partial charge in [-0.15, -0.1) is 0 Å². The van der Waals surface area contributed by atoms with Crippen molar-refractivity contribution in [1.82, 2.24) is 0 Å². The van der Waals surface area contributed by atoms with Crippen LogP contribution < -0.4 is 8.92 Å². The first-order valence-electron chi connectivity index (χ1n) is 6.44. The van der Waals surface area contributed by atoms with E-state index in [1.807, 2.05) is 0 Å². The highest BCUT2D eigenvalue weighted by molar-refractivity contribution is 9.11. The summed E-state index contributed by atoms with van der Waals surface area (Å²) in [6.45, 7) is 0. The molecule has 0 amide bonds. The summed E-state index contributed by atoms with van der Waals surface area (Å²) in [6, 6.07) is 8.73. The summed E-state index contributed by atoms with van der Waals surface area (Å²) in [5.74, 6) is -0.526. The highest BCUT2D eigenvalue weighted by Crippen LogP contribution is 2.33. The summed E-state index contributed by atoms with van der Waals surface area (Å²) < 4.78 is 40.8. The van der Waals surface area contributed by atoms with Gasteiger partial charge >= 0.3 is 16.1 Å².